The van der Waals surface area contributed by atoms with Crippen LogP contribution < -0.4 is 5.73 Å². The Hall–Kier alpha value is -1.62. The predicted molar refractivity (Wildman–Crippen MR) is 49.2 cm³/mol. The van der Waals surface area contributed by atoms with Crippen molar-refractivity contribution in [1.29, 1.82) is 0 Å². The van der Waals surface area contributed by atoms with E-state index in [1.54, 1.807) is 12.1 Å². The Morgan fingerprint density at radius 1 is 1.33 bits per heavy atom. The number of nitrogens with zero attached hydrogens (tertiary/aromatic N) is 1. The smallest absolute Gasteiger partial charge is 0.235 e. The molecule has 5 nitrogen and oxygen atoms in total. The molecule has 2 N–H and O–H groups in total. The molecule has 2 unspecified atom stereocenters. The molecule has 1 saturated heterocycles. The van der Waals surface area contributed by atoms with E-state index in [-0.39, 0.29) is 36.2 Å². The van der Waals surface area contributed by atoms with Crippen molar-refractivity contribution in [3.63, 3.8) is 0 Å². The molecule has 1 aliphatic carbocycles. The Balaban J connectivity index is 1.79. The first kappa shape index (κ1) is 8.67. The maximum absolute atomic E-state index is 11.7. The normalized spacial score (nSPS) is 33.4. The van der Waals surface area contributed by atoms with Crippen LogP contribution in [0, 0.1) is 11.8 Å². The molecule has 15 heavy (non-hydrogen) atoms. The van der Waals surface area contributed by atoms with Crippen LogP contribution >= 0.6 is 0 Å². The first-order chi connectivity index (χ1) is 7.20. The zero-order valence-electron chi connectivity index (χ0n) is 7.92. The summed E-state index contributed by atoms with van der Waals surface area (Å²) in [6.45, 7) is 0.227. The van der Waals surface area contributed by atoms with Gasteiger partial charge in [0.25, 0.3) is 0 Å². The number of hydrogen-bond acceptors (Lipinski definition) is 4. The minimum Gasteiger partial charge on any atom is -0.467 e. The van der Waals surface area contributed by atoms with Crippen LogP contribution in [-0.2, 0) is 16.1 Å². The zero-order chi connectivity index (χ0) is 10.6. The van der Waals surface area contributed by atoms with Crippen molar-refractivity contribution in [2.75, 3.05) is 0 Å². The summed E-state index contributed by atoms with van der Waals surface area (Å²) in [7, 11) is 0. The minimum atomic E-state index is -0.271. The van der Waals surface area contributed by atoms with Crippen molar-refractivity contribution >= 4 is 11.8 Å². The van der Waals surface area contributed by atoms with Crippen LogP contribution in [0.2, 0.25) is 0 Å². The van der Waals surface area contributed by atoms with E-state index in [9.17, 15) is 9.59 Å². The van der Waals surface area contributed by atoms with Crippen molar-refractivity contribution in [3.05, 3.63) is 24.2 Å². The molecule has 0 bridgehead atoms. The van der Waals surface area contributed by atoms with E-state index in [2.05, 4.69) is 0 Å². The summed E-state index contributed by atoms with van der Waals surface area (Å²) in [6.07, 6.45) is 1.52. The van der Waals surface area contributed by atoms with Gasteiger partial charge in [-0.2, -0.15) is 0 Å². The second-order valence-corrected chi connectivity index (χ2v) is 3.97. The van der Waals surface area contributed by atoms with Gasteiger partial charge in [-0.25, -0.2) is 0 Å². The number of carbonyl (C=O) groups excluding carboxylic acids is 2. The highest BCUT2D eigenvalue weighted by atomic mass is 16.3. The van der Waals surface area contributed by atoms with Crippen LogP contribution in [0.4, 0.5) is 0 Å². The first-order valence-corrected chi connectivity index (χ1v) is 4.83. The molecule has 2 heterocycles. The monoisotopic (exact) mass is 206 g/mol. The van der Waals surface area contributed by atoms with Crippen LogP contribution in [0.25, 0.3) is 0 Å². The van der Waals surface area contributed by atoms with Gasteiger partial charge >= 0.3 is 0 Å². The molecule has 2 atom stereocenters. The Kier molecular flexibility index (Phi) is 1.56. The van der Waals surface area contributed by atoms with Crippen molar-refractivity contribution in [3.8, 4) is 0 Å². The van der Waals surface area contributed by atoms with Crippen molar-refractivity contribution in [2.45, 2.75) is 12.6 Å². The third kappa shape index (κ3) is 1.07. The highest BCUT2D eigenvalue weighted by Gasteiger charge is 2.65. The van der Waals surface area contributed by atoms with Crippen LogP contribution in [0.3, 0.4) is 0 Å². The Morgan fingerprint density at radius 3 is 2.53 bits per heavy atom. The molecular weight excluding hydrogens is 196 g/mol. The summed E-state index contributed by atoms with van der Waals surface area (Å²) < 4.78 is 5.09. The highest BCUT2D eigenvalue weighted by molar-refractivity contribution is 6.10. The third-order valence-electron chi connectivity index (χ3n) is 3.07. The maximum atomic E-state index is 11.7. The quantitative estimate of drug-likeness (QED) is 0.675. The molecule has 2 fully saturated rings. The van der Waals surface area contributed by atoms with Gasteiger partial charge in [-0.05, 0) is 12.1 Å². The molecular formula is C10H10N2O3. The van der Waals surface area contributed by atoms with Crippen LogP contribution in [0.5, 0.6) is 0 Å². The van der Waals surface area contributed by atoms with Gasteiger partial charge in [0.15, 0.2) is 0 Å². The Morgan fingerprint density at radius 2 is 2.00 bits per heavy atom. The number of likely N-dealkylation sites (tertiary alicyclic amines) is 1. The molecule has 2 aliphatic rings. The molecule has 1 aromatic rings. The van der Waals surface area contributed by atoms with E-state index in [0.29, 0.717) is 5.76 Å². The summed E-state index contributed by atoms with van der Waals surface area (Å²) in [5.74, 6) is -0.241. The lowest BCUT2D eigenvalue weighted by Gasteiger charge is -2.15. The predicted octanol–water partition coefficient (Wildman–Crippen LogP) is -0.278. The number of amides is 2. The molecule has 1 aromatic heterocycles. The van der Waals surface area contributed by atoms with Crippen molar-refractivity contribution in [2.24, 2.45) is 17.6 Å². The van der Waals surface area contributed by atoms with Gasteiger partial charge in [0.05, 0.1) is 24.6 Å². The molecule has 2 amide bonds. The van der Waals surface area contributed by atoms with E-state index in [4.69, 9.17) is 10.2 Å². The second kappa shape index (κ2) is 2.70. The lowest BCUT2D eigenvalue weighted by atomic mass is 10.3. The maximum Gasteiger partial charge on any atom is 0.235 e. The molecule has 0 radical (unpaired) electrons. The van der Waals surface area contributed by atoms with Gasteiger partial charge in [-0.15, -0.1) is 0 Å². The van der Waals surface area contributed by atoms with Gasteiger partial charge in [0.1, 0.15) is 5.76 Å². The fourth-order valence-corrected chi connectivity index (χ4v) is 2.15. The molecule has 3 rings (SSSR count). The second-order valence-electron chi connectivity index (χ2n) is 3.97. The average Bonchev–Trinajstić information content (AvgIpc) is 2.62. The summed E-state index contributed by atoms with van der Waals surface area (Å²) in [5.41, 5.74) is 5.60. The molecule has 1 saturated carbocycles. The van der Waals surface area contributed by atoms with Gasteiger partial charge in [0, 0.05) is 6.04 Å². The summed E-state index contributed by atoms with van der Waals surface area (Å²) in [4.78, 5) is 24.6. The number of nitrogens with two attached hydrogens (primary N) is 1. The summed E-state index contributed by atoms with van der Waals surface area (Å²) >= 11 is 0. The number of furan rings is 1. The molecule has 5 heteroatoms. The lowest BCUT2D eigenvalue weighted by molar-refractivity contribution is -0.142. The molecule has 0 spiro atoms. The average molecular weight is 206 g/mol. The minimum absolute atomic E-state index is 0.158. The lowest BCUT2D eigenvalue weighted by Crippen LogP contribution is -2.36. The zero-order valence-corrected chi connectivity index (χ0v) is 7.92. The fraction of sp³-hybridized carbons (Fsp3) is 0.400. The molecule has 1 aliphatic heterocycles. The summed E-state index contributed by atoms with van der Waals surface area (Å²) in [6, 6.07) is 3.22. The van der Waals surface area contributed by atoms with E-state index in [0.717, 1.165) is 0 Å². The Bertz CT molecular complexity index is 404. The number of carbonyl (C=O) groups is 2. The fourth-order valence-electron chi connectivity index (χ4n) is 2.15. The standard InChI is InChI=1S/C10H10N2O3/c11-8-6-7(8)10(14)12(9(6)13)4-5-2-1-3-15-5/h1-3,6-8H,4,11H2. The molecule has 78 valence electrons. The van der Waals surface area contributed by atoms with E-state index in [1.165, 1.54) is 11.2 Å². The van der Waals surface area contributed by atoms with Crippen molar-refractivity contribution in [1.82, 2.24) is 4.90 Å². The van der Waals surface area contributed by atoms with Gasteiger partial charge in [-0.1, -0.05) is 0 Å². The van der Waals surface area contributed by atoms with E-state index in [1.807, 2.05) is 0 Å². The van der Waals surface area contributed by atoms with Crippen LogP contribution in [0.15, 0.2) is 22.8 Å². The Labute approximate surface area is 85.8 Å². The molecule has 0 aromatic carbocycles. The summed E-state index contributed by atoms with van der Waals surface area (Å²) in [5, 5.41) is 0. The largest absolute Gasteiger partial charge is 0.467 e. The highest BCUT2D eigenvalue weighted by Crippen LogP contribution is 2.46. The van der Waals surface area contributed by atoms with Crippen molar-refractivity contribution < 1.29 is 14.0 Å². The van der Waals surface area contributed by atoms with E-state index < -0.39 is 0 Å². The van der Waals surface area contributed by atoms with Crippen LogP contribution in [0.1, 0.15) is 5.76 Å². The number of imide groups is 1. The first-order valence-electron chi connectivity index (χ1n) is 4.83. The number of piperidine rings is 1. The van der Waals surface area contributed by atoms with Gasteiger partial charge < -0.3 is 10.2 Å². The number of fused-ring (bicyclic) bond motifs is 1. The van der Waals surface area contributed by atoms with Crippen LogP contribution in [-0.4, -0.2) is 22.8 Å². The van der Waals surface area contributed by atoms with Gasteiger partial charge in [-0.3, -0.25) is 14.5 Å². The SMILES string of the molecule is NC1C2C(=O)N(Cc3ccco3)C(=O)C12. The van der Waals surface area contributed by atoms with E-state index >= 15 is 0 Å². The third-order valence-corrected chi connectivity index (χ3v) is 3.07. The topological polar surface area (TPSA) is 76.5 Å². The number of hydrogen-bond donors (Lipinski definition) is 1. The number of rotatable bonds is 2. The van der Waals surface area contributed by atoms with Gasteiger partial charge in [0.2, 0.25) is 11.8 Å².